The van der Waals surface area contributed by atoms with E-state index in [2.05, 4.69) is 24.9 Å². The Labute approximate surface area is 217 Å². The number of aldehydes is 1. The Kier molecular flexibility index (Phi) is 8.51. The maximum Gasteiger partial charge on any atom is 0.362 e. The van der Waals surface area contributed by atoms with Crippen LogP contribution in [0.15, 0.2) is 48.2 Å². The van der Waals surface area contributed by atoms with E-state index in [0.717, 1.165) is 12.0 Å². The number of esters is 1. The summed E-state index contributed by atoms with van der Waals surface area (Å²) in [6, 6.07) is 4.84. The molecule has 6 nitrogen and oxygen atoms in total. The van der Waals surface area contributed by atoms with Gasteiger partial charge < -0.3 is 9.84 Å². The molecule has 1 N–H and O–H groups in total. The van der Waals surface area contributed by atoms with Crippen molar-refractivity contribution in [3.63, 3.8) is 0 Å². The van der Waals surface area contributed by atoms with Gasteiger partial charge in [-0.3, -0.25) is 9.59 Å². The van der Waals surface area contributed by atoms with E-state index in [-0.39, 0.29) is 56.9 Å². The van der Waals surface area contributed by atoms with E-state index in [1.165, 1.54) is 12.3 Å². The molecule has 1 aromatic carbocycles. The highest BCUT2D eigenvalue weighted by molar-refractivity contribution is 6.33. The number of aromatic hydroxyl groups is 1. The van der Waals surface area contributed by atoms with Crippen LogP contribution < -0.4 is 4.74 Å². The van der Waals surface area contributed by atoms with Crippen molar-refractivity contribution in [1.82, 2.24) is 4.98 Å². The number of allylic oxidation sites excluding steroid dienone is 4. The minimum absolute atomic E-state index is 0.00645. The van der Waals surface area contributed by atoms with Crippen molar-refractivity contribution in [2.75, 3.05) is 0 Å². The van der Waals surface area contributed by atoms with Gasteiger partial charge in [0, 0.05) is 24.1 Å². The topological polar surface area (TPSA) is 93.6 Å². The summed E-state index contributed by atoms with van der Waals surface area (Å²) in [7, 11) is 0. The summed E-state index contributed by atoms with van der Waals surface area (Å²) < 4.78 is 5.57. The minimum atomic E-state index is -0.727. The fourth-order valence-electron chi connectivity index (χ4n) is 4.55. The van der Waals surface area contributed by atoms with E-state index in [1.807, 2.05) is 26.0 Å². The Morgan fingerprint density at radius 2 is 2.06 bits per heavy atom. The lowest BCUT2D eigenvalue weighted by Gasteiger charge is -2.42. The number of hydrogen-bond acceptors (Lipinski definition) is 6. The monoisotopic (exact) mass is 509 g/mol. The van der Waals surface area contributed by atoms with E-state index in [9.17, 15) is 19.5 Å². The van der Waals surface area contributed by atoms with Gasteiger partial charge in [-0.05, 0) is 55.7 Å². The third-order valence-corrected chi connectivity index (χ3v) is 8.02. The molecule has 36 heavy (non-hydrogen) atoms. The number of nitrogens with zero attached hydrogens (tertiary/aromatic N) is 1. The Bertz CT molecular complexity index is 1230. The molecule has 1 heterocycles. The van der Waals surface area contributed by atoms with Gasteiger partial charge in [-0.1, -0.05) is 62.2 Å². The molecular weight excluding hydrogens is 478 g/mol. The SMILES string of the molecule is CC(/C=C/[C@]1(C)[C@H](C)C(=O)CC[C@@H]1C)=C\Cc1c(O)c(C=O)c(C)c(Cl)c1OC(=O)c1ccccn1. The van der Waals surface area contributed by atoms with Gasteiger partial charge in [0.2, 0.25) is 0 Å². The first-order valence-electron chi connectivity index (χ1n) is 12.0. The Balaban J connectivity index is 1.95. The van der Waals surface area contributed by atoms with E-state index < -0.39 is 5.97 Å². The van der Waals surface area contributed by atoms with Crippen LogP contribution in [0, 0.1) is 24.2 Å². The predicted octanol–water partition coefficient (Wildman–Crippen LogP) is 6.47. The van der Waals surface area contributed by atoms with Gasteiger partial charge in [-0.25, -0.2) is 9.78 Å². The van der Waals surface area contributed by atoms with E-state index >= 15 is 0 Å². The molecular formula is C29H32ClNO5. The lowest BCUT2D eigenvalue weighted by atomic mass is 9.61. The summed E-state index contributed by atoms with van der Waals surface area (Å²) in [5.41, 5.74) is 1.31. The second-order valence-corrected chi connectivity index (χ2v) is 10.1. The van der Waals surface area contributed by atoms with Crippen LogP contribution in [0.5, 0.6) is 11.5 Å². The van der Waals surface area contributed by atoms with Crippen LogP contribution in [-0.2, 0) is 11.2 Å². The molecule has 0 aliphatic heterocycles. The average Bonchev–Trinajstić information content (AvgIpc) is 2.87. The van der Waals surface area contributed by atoms with E-state index in [0.29, 0.717) is 24.2 Å². The smallest absolute Gasteiger partial charge is 0.362 e. The average molecular weight is 510 g/mol. The van der Waals surface area contributed by atoms with Crippen LogP contribution in [0.1, 0.15) is 72.5 Å². The number of ether oxygens (including phenoxy) is 1. The first-order chi connectivity index (χ1) is 17.0. The van der Waals surface area contributed by atoms with Crippen molar-refractivity contribution in [3.8, 4) is 11.5 Å². The summed E-state index contributed by atoms with van der Waals surface area (Å²) >= 11 is 6.49. The fourth-order valence-corrected chi connectivity index (χ4v) is 4.80. The van der Waals surface area contributed by atoms with Crippen molar-refractivity contribution in [2.24, 2.45) is 17.3 Å². The van der Waals surface area contributed by atoms with Crippen molar-refractivity contribution >= 4 is 29.6 Å². The summed E-state index contributed by atoms with van der Waals surface area (Å²) in [6.45, 7) is 9.75. The number of Topliss-reactive ketones (excluding diaryl/α,β-unsaturated/α-hetero) is 1. The van der Waals surface area contributed by atoms with Crippen LogP contribution >= 0.6 is 11.6 Å². The maximum atomic E-state index is 12.7. The first kappa shape index (κ1) is 27.3. The first-order valence-corrected chi connectivity index (χ1v) is 12.4. The predicted molar refractivity (Wildman–Crippen MR) is 140 cm³/mol. The fraction of sp³-hybridized carbons (Fsp3) is 0.379. The van der Waals surface area contributed by atoms with Gasteiger partial charge in [-0.15, -0.1) is 0 Å². The van der Waals surface area contributed by atoms with Crippen molar-refractivity contribution in [2.45, 2.75) is 53.9 Å². The molecule has 0 spiro atoms. The quantitative estimate of drug-likeness (QED) is 0.199. The maximum absolute atomic E-state index is 12.7. The standard InChI is InChI=1S/C29H32ClNO5/c1-17(13-14-29(5)18(2)10-12-24(33)20(29)4)9-11-21-26(34)22(16-32)19(3)25(30)27(21)36-28(35)23-8-6-7-15-31-23/h6-9,13-16,18,20,34H,10-12H2,1-5H3/b14-13+,17-9+/t18-,20+,29-/m0/s1. The van der Waals surface area contributed by atoms with Crippen LogP contribution in [0.2, 0.25) is 5.02 Å². The van der Waals surface area contributed by atoms with Crippen LogP contribution in [0.4, 0.5) is 0 Å². The highest BCUT2D eigenvalue weighted by Gasteiger charge is 2.41. The number of benzene rings is 1. The molecule has 0 amide bonds. The van der Waals surface area contributed by atoms with Crippen LogP contribution in [-0.4, -0.2) is 28.1 Å². The molecule has 0 bridgehead atoms. The van der Waals surface area contributed by atoms with Gasteiger partial charge in [-0.2, -0.15) is 0 Å². The van der Waals surface area contributed by atoms with E-state index in [1.54, 1.807) is 19.1 Å². The Morgan fingerprint density at radius 1 is 1.33 bits per heavy atom. The highest BCUT2D eigenvalue weighted by atomic mass is 35.5. The third-order valence-electron chi connectivity index (χ3n) is 7.57. The Morgan fingerprint density at radius 3 is 2.69 bits per heavy atom. The lowest BCUT2D eigenvalue weighted by molar-refractivity contribution is -0.129. The molecule has 1 aromatic heterocycles. The zero-order valence-corrected chi connectivity index (χ0v) is 22.1. The molecule has 1 aliphatic rings. The third kappa shape index (κ3) is 5.44. The molecule has 2 aromatic rings. The zero-order valence-electron chi connectivity index (χ0n) is 21.3. The summed E-state index contributed by atoms with van der Waals surface area (Å²) in [4.78, 5) is 40.7. The molecule has 0 saturated heterocycles. The molecule has 0 unspecified atom stereocenters. The number of phenolic OH excluding ortho intramolecular Hbond substituents is 1. The van der Waals surface area contributed by atoms with Gasteiger partial charge in [0.15, 0.2) is 12.0 Å². The second kappa shape index (κ2) is 11.2. The second-order valence-electron chi connectivity index (χ2n) is 9.71. The van der Waals surface area contributed by atoms with Crippen molar-refractivity contribution < 1.29 is 24.2 Å². The number of ketones is 1. The number of phenols is 1. The number of hydrogen-bond donors (Lipinski definition) is 1. The number of carbonyl (C=O) groups excluding carboxylic acids is 3. The summed E-state index contributed by atoms with van der Waals surface area (Å²) in [5, 5.41) is 10.9. The highest BCUT2D eigenvalue weighted by Crippen LogP contribution is 2.45. The minimum Gasteiger partial charge on any atom is -0.507 e. The number of rotatable bonds is 7. The van der Waals surface area contributed by atoms with Gasteiger partial charge in [0.1, 0.15) is 17.2 Å². The van der Waals surface area contributed by atoms with Gasteiger partial charge in [0.25, 0.3) is 0 Å². The lowest BCUT2D eigenvalue weighted by Crippen LogP contribution is -2.40. The molecule has 3 rings (SSSR count). The van der Waals surface area contributed by atoms with Crippen molar-refractivity contribution in [1.29, 1.82) is 0 Å². The normalized spacial score (nSPS) is 22.6. The largest absolute Gasteiger partial charge is 0.507 e. The van der Waals surface area contributed by atoms with Crippen LogP contribution in [0.25, 0.3) is 0 Å². The van der Waals surface area contributed by atoms with Gasteiger partial charge in [0.05, 0.1) is 10.6 Å². The van der Waals surface area contributed by atoms with Crippen LogP contribution in [0.3, 0.4) is 0 Å². The molecule has 3 atom stereocenters. The molecule has 1 fully saturated rings. The van der Waals surface area contributed by atoms with Gasteiger partial charge >= 0.3 is 5.97 Å². The molecule has 0 radical (unpaired) electrons. The van der Waals surface area contributed by atoms with Crippen molar-refractivity contribution in [3.05, 3.63) is 75.6 Å². The number of halogens is 1. The summed E-state index contributed by atoms with van der Waals surface area (Å²) in [5.74, 6) is -0.444. The number of aromatic nitrogens is 1. The molecule has 1 aliphatic carbocycles. The molecule has 190 valence electrons. The van der Waals surface area contributed by atoms with E-state index in [4.69, 9.17) is 16.3 Å². The summed E-state index contributed by atoms with van der Waals surface area (Å²) in [6.07, 6.45) is 9.56. The Hall–Kier alpha value is -3.25. The number of carbonyl (C=O) groups is 3. The number of pyridine rings is 1. The molecule has 7 heteroatoms. The zero-order chi connectivity index (χ0) is 26.6. The molecule has 1 saturated carbocycles.